The molecule has 2 aromatic rings. The van der Waals surface area contributed by atoms with Crippen LogP contribution in [-0.2, 0) is 12.7 Å². The van der Waals surface area contributed by atoms with Gasteiger partial charge < -0.3 is 14.5 Å². The van der Waals surface area contributed by atoms with Crippen LogP contribution < -0.4 is 0 Å². The van der Waals surface area contributed by atoms with Crippen LogP contribution in [-0.4, -0.2) is 32.6 Å². The molecule has 184 valence electrons. The van der Waals surface area contributed by atoms with Crippen molar-refractivity contribution in [1.82, 2.24) is 15.0 Å². The molecule has 0 spiro atoms. The lowest BCUT2D eigenvalue weighted by Gasteiger charge is -2.19. The smallest absolute Gasteiger partial charge is 0.416 e. The summed E-state index contributed by atoms with van der Waals surface area (Å²) in [6, 6.07) is 4.79. The molecule has 1 aromatic carbocycles. The van der Waals surface area contributed by atoms with Crippen LogP contribution in [0.2, 0.25) is 0 Å². The van der Waals surface area contributed by atoms with Crippen LogP contribution in [0.5, 0.6) is 0 Å². The molecule has 0 saturated heterocycles. The number of benzene rings is 1. The molecule has 34 heavy (non-hydrogen) atoms. The van der Waals surface area contributed by atoms with Gasteiger partial charge in [-0.05, 0) is 42.6 Å². The first-order chi connectivity index (χ1) is 16.1. The molecule has 0 aliphatic rings. The average molecular weight is 607 g/mol. The van der Waals surface area contributed by atoms with Gasteiger partial charge in [0.1, 0.15) is 0 Å². The van der Waals surface area contributed by atoms with Crippen molar-refractivity contribution in [1.29, 1.82) is 0 Å². The lowest BCUT2D eigenvalue weighted by atomic mass is 10.1. The zero-order valence-corrected chi connectivity index (χ0v) is 21.7. The minimum absolute atomic E-state index is 0.0471. The van der Waals surface area contributed by atoms with Gasteiger partial charge in [-0.3, -0.25) is 4.79 Å². The molecule has 6 nitrogen and oxygen atoms in total. The van der Waals surface area contributed by atoms with Gasteiger partial charge in [-0.25, -0.2) is 0 Å². The molecular formula is C23H24Br2F3N3O3. The van der Waals surface area contributed by atoms with E-state index in [1.165, 1.54) is 24.0 Å². The van der Waals surface area contributed by atoms with Gasteiger partial charge in [0.2, 0.25) is 5.82 Å². The van der Waals surface area contributed by atoms with Crippen LogP contribution in [0.3, 0.4) is 0 Å². The van der Waals surface area contributed by atoms with Gasteiger partial charge >= 0.3 is 18.0 Å². The second-order valence-corrected chi connectivity index (χ2v) is 8.07. The highest BCUT2D eigenvalue weighted by atomic mass is 79.9. The topological polar surface area (TPSA) is 79.5 Å². The lowest BCUT2D eigenvalue weighted by Crippen LogP contribution is -2.30. The number of nitrogens with zero attached hydrogens (tertiary/aromatic N) is 3. The number of halogens is 5. The van der Waals surface area contributed by atoms with Gasteiger partial charge in [0.25, 0.3) is 0 Å². The van der Waals surface area contributed by atoms with Gasteiger partial charge in [0.05, 0.1) is 11.3 Å². The number of amides is 1. The van der Waals surface area contributed by atoms with E-state index in [0.717, 1.165) is 12.1 Å². The molecule has 11 heteroatoms. The Morgan fingerprint density at radius 2 is 2.00 bits per heavy atom. The molecule has 1 amide bonds. The Morgan fingerprint density at radius 1 is 1.32 bits per heavy atom. The number of allylic oxidation sites excluding steroid dienone is 5. The third kappa shape index (κ3) is 8.60. The Morgan fingerprint density at radius 3 is 2.56 bits per heavy atom. The molecule has 0 aliphatic carbocycles. The summed E-state index contributed by atoms with van der Waals surface area (Å²) in [6.07, 6.45) is -0.750. The third-order valence-corrected chi connectivity index (χ3v) is 5.46. The first-order valence-electron chi connectivity index (χ1n) is 9.87. The molecule has 0 fully saturated rings. The maximum Gasteiger partial charge on any atom is 0.416 e. The second kappa shape index (κ2) is 13.9. The van der Waals surface area contributed by atoms with E-state index in [0.29, 0.717) is 22.0 Å². The van der Waals surface area contributed by atoms with E-state index in [4.69, 9.17) is 4.52 Å². The highest BCUT2D eigenvalue weighted by Crippen LogP contribution is 2.30. The van der Waals surface area contributed by atoms with Crippen LogP contribution in [0.1, 0.15) is 47.9 Å². The van der Waals surface area contributed by atoms with Crippen molar-refractivity contribution in [3.8, 4) is 0 Å². The molecular weight excluding hydrogens is 583 g/mol. The Bertz CT molecular complexity index is 1060. The number of hydrogen-bond donors (Lipinski definition) is 1. The predicted molar refractivity (Wildman–Crippen MR) is 132 cm³/mol. The van der Waals surface area contributed by atoms with Crippen molar-refractivity contribution in [3.63, 3.8) is 0 Å². The fourth-order valence-electron chi connectivity index (χ4n) is 2.61. The molecule has 0 unspecified atom stereocenters. The first kappa shape index (κ1) is 29.4. The zero-order valence-electron chi connectivity index (χ0n) is 18.6. The number of rotatable bonds is 8. The molecule has 1 aromatic heterocycles. The predicted octanol–water partition coefficient (Wildman–Crippen LogP) is 7.42. The Hall–Kier alpha value is -2.66. The van der Waals surface area contributed by atoms with Crippen molar-refractivity contribution in [3.05, 3.63) is 87.6 Å². The van der Waals surface area contributed by atoms with E-state index >= 15 is 0 Å². The fourth-order valence-corrected chi connectivity index (χ4v) is 3.05. The minimum atomic E-state index is -4.47. The molecule has 2 rings (SSSR count). The van der Waals surface area contributed by atoms with Gasteiger partial charge in [0.15, 0.2) is 0 Å². The number of alkyl halides is 3. The largest absolute Gasteiger partial charge is 0.512 e. The number of carbonyl (C=O) groups is 1. The van der Waals surface area contributed by atoms with Crippen LogP contribution in [0.25, 0.3) is 5.57 Å². The van der Waals surface area contributed by atoms with Crippen LogP contribution in [0, 0.1) is 0 Å². The Kier molecular flexibility index (Phi) is 12.0. The second-order valence-electron chi connectivity index (χ2n) is 6.59. The summed E-state index contributed by atoms with van der Waals surface area (Å²) in [5.41, 5.74) is 0.0747. The first-order valence-corrected chi connectivity index (χ1v) is 11.6. The van der Waals surface area contributed by atoms with Crippen molar-refractivity contribution in [2.75, 3.05) is 6.54 Å². The minimum Gasteiger partial charge on any atom is -0.512 e. The summed E-state index contributed by atoms with van der Waals surface area (Å²) in [5.74, 6) is -0.607. The van der Waals surface area contributed by atoms with Crippen LogP contribution in [0.15, 0.2) is 69.3 Å². The van der Waals surface area contributed by atoms with Crippen molar-refractivity contribution in [2.24, 2.45) is 0 Å². The van der Waals surface area contributed by atoms with Crippen molar-refractivity contribution < 1.29 is 27.6 Å². The van der Waals surface area contributed by atoms with Gasteiger partial charge in [-0.1, -0.05) is 55.2 Å². The van der Waals surface area contributed by atoms with E-state index in [2.05, 4.69) is 55.2 Å². The summed E-state index contributed by atoms with van der Waals surface area (Å²) >= 11 is 6.43. The number of aliphatic hydroxyl groups excluding tert-OH is 1. The van der Waals surface area contributed by atoms with Gasteiger partial charge in [-0.15, -0.1) is 13.2 Å². The monoisotopic (exact) mass is 605 g/mol. The maximum absolute atomic E-state index is 13.0. The SMILES string of the molecule is C=C.CCN(Cc1cccc(C(F)(F)F)c1)C(=O)c1nc(C(=CC/C(Br)=C(\C)O)/C=C/Br)no1. The lowest BCUT2D eigenvalue weighted by molar-refractivity contribution is -0.137. The average Bonchev–Trinajstić information content (AvgIpc) is 3.30. The van der Waals surface area contributed by atoms with Crippen molar-refractivity contribution in [2.45, 2.75) is 33.0 Å². The van der Waals surface area contributed by atoms with Gasteiger partial charge in [0, 0.05) is 29.6 Å². The fraction of sp³-hybridized carbons (Fsp3) is 0.261. The molecule has 1 N–H and O–H groups in total. The summed E-state index contributed by atoms with van der Waals surface area (Å²) in [6.45, 7) is 9.41. The molecule has 0 aliphatic heterocycles. The summed E-state index contributed by atoms with van der Waals surface area (Å²) in [5, 5.41) is 13.3. The molecule has 0 radical (unpaired) electrons. The van der Waals surface area contributed by atoms with E-state index in [9.17, 15) is 23.1 Å². The molecule has 0 saturated carbocycles. The number of hydrogen-bond acceptors (Lipinski definition) is 5. The standard InChI is InChI=1S/C21H20Br2F3N3O3.C2H4/c1-3-29(12-14-5-4-6-16(11-14)21(24,25)26)20(31)19-27-18(28-32-19)15(9-10-22)7-8-17(23)13(2)30;1-2/h4-7,9-11,30H,3,8,12H2,1-2H3;1-2H2/b10-9+,15-7?,17-13-;. The molecule has 1 heterocycles. The normalized spacial score (nSPS) is 12.7. The number of aromatic nitrogens is 2. The van der Waals surface area contributed by atoms with Gasteiger partial charge in [-0.2, -0.15) is 18.2 Å². The van der Waals surface area contributed by atoms with E-state index in [-0.39, 0.29) is 30.6 Å². The van der Waals surface area contributed by atoms with E-state index in [1.807, 2.05) is 0 Å². The van der Waals surface area contributed by atoms with E-state index < -0.39 is 17.6 Å². The molecule has 0 atom stereocenters. The summed E-state index contributed by atoms with van der Waals surface area (Å²) < 4.78 is 44.6. The summed E-state index contributed by atoms with van der Waals surface area (Å²) in [4.78, 5) is 19.8. The highest BCUT2D eigenvalue weighted by molar-refractivity contribution is 9.11. The van der Waals surface area contributed by atoms with Crippen LogP contribution in [0.4, 0.5) is 13.2 Å². The summed E-state index contributed by atoms with van der Waals surface area (Å²) in [7, 11) is 0. The Labute approximate surface area is 212 Å². The zero-order chi connectivity index (χ0) is 25.9. The van der Waals surface area contributed by atoms with Crippen molar-refractivity contribution >= 4 is 43.3 Å². The third-order valence-electron chi connectivity index (χ3n) is 4.30. The number of carbonyl (C=O) groups excluding carboxylic acids is 1. The number of aliphatic hydroxyl groups is 1. The molecule has 0 bridgehead atoms. The van der Waals surface area contributed by atoms with Crippen LogP contribution >= 0.6 is 31.9 Å². The maximum atomic E-state index is 13.0. The van der Waals surface area contributed by atoms with E-state index in [1.54, 1.807) is 24.1 Å². The quantitative estimate of drug-likeness (QED) is 0.192. The highest BCUT2D eigenvalue weighted by Gasteiger charge is 2.30. The Balaban J connectivity index is 0.00000281.